The molecule has 1 aromatic carbocycles. The van der Waals surface area contributed by atoms with Crippen molar-refractivity contribution in [3.63, 3.8) is 0 Å². The lowest BCUT2D eigenvalue weighted by Gasteiger charge is -2.30. The molecule has 1 saturated carbocycles. The molecule has 0 saturated heterocycles. The minimum atomic E-state index is 0.511. The van der Waals surface area contributed by atoms with Crippen LogP contribution in [-0.4, -0.2) is 12.6 Å². The van der Waals surface area contributed by atoms with Gasteiger partial charge in [-0.25, -0.2) is 0 Å². The Hall–Kier alpha value is -0.0900. The van der Waals surface area contributed by atoms with Gasteiger partial charge in [-0.2, -0.15) is 0 Å². The number of hydrogen-bond acceptors (Lipinski definition) is 1. The molecule has 0 bridgehead atoms. The molecule has 1 N–H and O–H groups in total. The Morgan fingerprint density at radius 1 is 1.17 bits per heavy atom. The SMILES string of the molecule is CC(C)NCC1(Cc2ccc(I)cc2)CCCC1. The quantitative estimate of drug-likeness (QED) is 0.771. The molecule has 0 amide bonds. The van der Waals surface area contributed by atoms with Crippen molar-refractivity contribution in [2.45, 2.75) is 52.0 Å². The van der Waals surface area contributed by atoms with E-state index in [-0.39, 0.29) is 0 Å². The van der Waals surface area contributed by atoms with Crippen molar-refractivity contribution in [2.24, 2.45) is 5.41 Å². The molecule has 1 nitrogen and oxygen atoms in total. The Balaban J connectivity index is 2.03. The summed E-state index contributed by atoms with van der Waals surface area (Å²) in [5, 5.41) is 3.66. The Morgan fingerprint density at radius 3 is 2.33 bits per heavy atom. The fraction of sp³-hybridized carbons (Fsp3) is 0.625. The average molecular weight is 357 g/mol. The molecule has 2 rings (SSSR count). The van der Waals surface area contributed by atoms with Crippen LogP contribution < -0.4 is 5.32 Å². The van der Waals surface area contributed by atoms with Crippen molar-refractivity contribution in [3.8, 4) is 0 Å². The number of hydrogen-bond donors (Lipinski definition) is 1. The smallest absolute Gasteiger partial charge is 0.0130 e. The lowest BCUT2D eigenvalue weighted by atomic mass is 9.80. The highest BCUT2D eigenvalue weighted by Crippen LogP contribution is 2.40. The maximum atomic E-state index is 3.66. The van der Waals surface area contributed by atoms with Gasteiger partial charge < -0.3 is 5.32 Å². The van der Waals surface area contributed by atoms with Crippen LogP contribution in [0.15, 0.2) is 24.3 Å². The van der Waals surface area contributed by atoms with Gasteiger partial charge in [0.15, 0.2) is 0 Å². The molecule has 0 aliphatic heterocycles. The van der Waals surface area contributed by atoms with Crippen molar-refractivity contribution < 1.29 is 0 Å². The van der Waals surface area contributed by atoms with Crippen molar-refractivity contribution >= 4 is 22.6 Å². The minimum absolute atomic E-state index is 0.511. The molecule has 2 heteroatoms. The van der Waals surface area contributed by atoms with Gasteiger partial charge >= 0.3 is 0 Å². The highest BCUT2D eigenvalue weighted by Gasteiger charge is 2.33. The van der Waals surface area contributed by atoms with Crippen molar-refractivity contribution in [1.82, 2.24) is 5.32 Å². The second-order valence-electron chi connectivity index (χ2n) is 6.05. The molecule has 1 aromatic rings. The first kappa shape index (κ1) is 14.3. The van der Waals surface area contributed by atoms with E-state index in [0.717, 1.165) is 0 Å². The molecule has 0 heterocycles. The molecule has 1 aliphatic carbocycles. The summed E-state index contributed by atoms with van der Waals surface area (Å²) in [6.45, 7) is 5.66. The van der Waals surface area contributed by atoms with Gasteiger partial charge in [-0.3, -0.25) is 0 Å². The molecular weight excluding hydrogens is 333 g/mol. The van der Waals surface area contributed by atoms with E-state index in [9.17, 15) is 0 Å². The van der Waals surface area contributed by atoms with Crippen LogP contribution in [0.3, 0.4) is 0 Å². The van der Waals surface area contributed by atoms with E-state index in [1.165, 1.54) is 47.8 Å². The average Bonchev–Trinajstić information content (AvgIpc) is 2.79. The lowest BCUT2D eigenvalue weighted by molar-refractivity contribution is 0.269. The van der Waals surface area contributed by atoms with E-state index in [1.807, 2.05) is 0 Å². The molecule has 1 fully saturated rings. The zero-order chi connectivity index (χ0) is 13.0. The van der Waals surface area contributed by atoms with Gasteiger partial charge in [0.25, 0.3) is 0 Å². The molecule has 1 aliphatic rings. The summed E-state index contributed by atoms with van der Waals surface area (Å²) in [5.41, 5.74) is 2.01. The second-order valence-corrected chi connectivity index (χ2v) is 7.29. The Kier molecular flexibility index (Phi) is 5.07. The van der Waals surface area contributed by atoms with E-state index in [2.05, 4.69) is 66.0 Å². The van der Waals surface area contributed by atoms with Crippen LogP contribution >= 0.6 is 22.6 Å². The Morgan fingerprint density at radius 2 is 1.78 bits per heavy atom. The molecular formula is C16H24IN. The van der Waals surface area contributed by atoms with Crippen LogP contribution in [0.25, 0.3) is 0 Å². The maximum Gasteiger partial charge on any atom is 0.0130 e. The number of benzene rings is 1. The predicted molar refractivity (Wildman–Crippen MR) is 86.9 cm³/mol. The highest BCUT2D eigenvalue weighted by atomic mass is 127. The molecule has 0 spiro atoms. The first-order valence-electron chi connectivity index (χ1n) is 7.08. The summed E-state index contributed by atoms with van der Waals surface area (Å²) in [6, 6.07) is 9.66. The van der Waals surface area contributed by atoms with Crippen LogP contribution in [0.5, 0.6) is 0 Å². The van der Waals surface area contributed by atoms with Gasteiger partial charge in [0.05, 0.1) is 0 Å². The summed E-state index contributed by atoms with van der Waals surface area (Å²) >= 11 is 2.38. The molecule has 0 radical (unpaired) electrons. The molecule has 0 atom stereocenters. The first-order chi connectivity index (χ1) is 8.60. The van der Waals surface area contributed by atoms with Gasteiger partial charge in [-0.05, 0) is 65.0 Å². The van der Waals surface area contributed by atoms with Crippen LogP contribution in [0, 0.1) is 8.99 Å². The monoisotopic (exact) mass is 357 g/mol. The normalized spacial score (nSPS) is 18.4. The van der Waals surface area contributed by atoms with E-state index in [4.69, 9.17) is 0 Å². The van der Waals surface area contributed by atoms with Gasteiger partial charge in [0.1, 0.15) is 0 Å². The molecule has 0 unspecified atom stereocenters. The predicted octanol–water partition coefficient (Wildman–Crippen LogP) is 4.39. The number of nitrogens with one attached hydrogen (secondary N) is 1. The standard InChI is InChI=1S/C16H24IN/c1-13(2)18-12-16(9-3-4-10-16)11-14-5-7-15(17)8-6-14/h5-8,13,18H,3-4,9-12H2,1-2H3. The third-order valence-electron chi connectivity index (χ3n) is 4.04. The Bertz CT molecular complexity index is 363. The number of halogens is 1. The summed E-state index contributed by atoms with van der Waals surface area (Å²) in [7, 11) is 0. The third kappa shape index (κ3) is 3.95. The van der Waals surface area contributed by atoms with Crippen molar-refractivity contribution in [1.29, 1.82) is 0 Å². The summed E-state index contributed by atoms with van der Waals surface area (Å²) in [4.78, 5) is 0. The highest BCUT2D eigenvalue weighted by molar-refractivity contribution is 14.1. The van der Waals surface area contributed by atoms with E-state index in [0.29, 0.717) is 11.5 Å². The topological polar surface area (TPSA) is 12.0 Å². The largest absolute Gasteiger partial charge is 0.314 e. The van der Waals surface area contributed by atoms with E-state index < -0.39 is 0 Å². The van der Waals surface area contributed by atoms with Crippen LogP contribution in [0.4, 0.5) is 0 Å². The van der Waals surface area contributed by atoms with Crippen LogP contribution in [-0.2, 0) is 6.42 Å². The van der Waals surface area contributed by atoms with Gasteiger partial charge in [-0.15, -0.1) is 0 Å². The maximum absolute atomic E-state index is 3.66. The summed E-state index contributed by atoms with van der Waals surface area (Å²) < 4.78 is 1.33. The van der Waals surface area contributed by atoms with Gasteiger partial charge in [0, 0.05) is 16.2 Å². The van der Waals surface area contributed by atoms with E-state index >= 15 is 0 Å². The first-order valence-corrected chi connectivity index (χ1v) is 8.15. The zero-order valence-corrected chi connectivity index (χ0v) is 13.7. The molecule has 18 heavy (non-hydrogen) atoms. The Labute approximate surface area is 125 Å². The third-order valence-corrected chi connectivity index (χ3v) is 4.76. The summed E-state index contributed by atoms with van der Waals surface area (Å²) in [6.07, 6.45) is 6.83. The second kappa shape index (κ2) is 6.38. The van der Waals surface area contributed by atoms with Gasteiger partial charge in [0.2, 0.25) is 0 Å². The van der Waals surface area contributed by atoms with Gasteiger partial charge in [-0.1, -0.05) is 38.8 Å². The van der Waals surface area contributed by atoms with Crippen molar-refractivity contribution in [2.75, 3.05) is 6.54 Å². The van der Waals surface area contributed by atoms with Crippen LogP contribution in [0.1, 0.15) is 45.1 Å². The zero-order valence-electron chi connectivity index (χ0n) is 11.5. The van der Waals surface area contributed by atoms with Crippen molar-refractivity contribution in [3.05, 3.63) is 33.4 Å². The fourth-order valence-corrected chi connectivity index (χ4v) is 3.36. The fourth-order valence-electron chi connectivity index (χ4n) is 3.00. The van der Waals surface area contributed by atoms with Crippen LogP contribution in [0.2, 0.25) is 0 Å². The minimum Gasteiger partial charge on any atom is -0.314 e. The molecule has 0 aromatic heterocycles. The summed E-state index contributed by atoms with van der Waals surface area (Å²) in [5.74, 6) is 0. The number of rotatable bonds is 5. The lowest BCUT2D eigenvalue weighted by Crippen LogP contribution is -2.37. The van der Waals surface area contributed by atoms with E-state index in [1.54, 1.807) is 0 Å². The molecule has 100 valence electrons.